The topological polar surface area (TPSA) is 50.8 Å². The lowest BCUT2D eigenvalue weighted by Crippen LogP contribution is -2.45. The number of anilines is 1. The van der Waals surface area contributed by atoms with Crippen LogP contribution in [0.1, 0.15) is 63.7 Å². The SMILES string of the molecule is CC[C@@H](COc1ccc(NC(=O)c2ccc(OCC(C)C)cc2)cc1)[C@H]1CCCCN1CC. The Bertz CT molecular complexity index is 848. The predicted molar refractivity (Wildman–Crippen MR) is 135 cm³/mol. The molecular formula is C28H40N2O3. The number of carbonyl (C=O) groups excluding carboxylic acids is 1. The number of carbonyl (C=O) groups is 1. The molecule has 5 nitrogen and oxygen atoms in total. The molecule has 0 spiro atoms. The smallest absolute Gasteiger partial charge is 0.255 e. The largest absolute Gasteiger partial charge is 0.493 e. The Hall–Kier alpha value is -2.53. The zero-order valence-corrected chi connectivity index (χ0v) is 20.7. The Morgan fingerprint density at radius 2 is 1.61 bits per heavy atom. The highest BCUT2D eigenvalue weighted by atomic mass is 16.5. The molecule has 0 unspecified atom stereocenters. The van der Waals surface area contributed by atoms with E-state index in [2.05, 4.69) is 37.9 Å². The van der Waals surface area contributed by atoms with E-state index < -0.39 is 0 Å². The van der Waals surface area contributed by atoms with Gasteiger partial charge in [0.1, 0.15) is 11.5 Å². The Balaban J connectivity index is 1.50. The van der Waals surface area contributed by atoms with Crippen LogP contribution in [-0.2, 0) is 0 Å². The fraction of sp³-hybridized carbons (Fsp3) is 0.536. The van der Waals surface area contributed by atoms with Gasteiger partial charge in [0.15, 0.2) is 0 Å². The van der Waals surface area contributed by atoms with E-state index in [1.54, 1.807) is 12.1 Å². The molecule has 1 saturated heterocycles. The maximum absolute atomic E-state index is 12.6. The Morgan fingerprint density at radius 3 is 2.21 bits per heavy atom. The van der Waals surface area contributed by atoms with E-state index in [9.17, 15) is 4.79 Å². The summed E-state index contributed by atoms with van der Waals surface area (Å²) >= 11 is 0. The number of nitrogens with zero attached hydrogens (tertiary/aromatic N) is 1. The van der Waals surface area contributed by atoms with Gasteiger partial charge in [0, 0.05) is 23.2 Å². The maximum atomic E-state index is 12.6. The van der Waals surface area contributed by atoms with Crippen LogP contribution < -0.4 is 14.8 Å². The summed E-state index contributed by atoms with van der Waals surface area (Å²) in [6.45, 7) is 12.5. The molecule has 180 valence electrons. The van der Waals surface area contributed by atoms with E-state index >= 15 is 0 Å². The molecule has 1 amide bonds. The monoisotopic (exact) mass is 452 g/mol. The second kappa shape index (κ2) is 12.6. The van der Waals surface area contributed by atoms with Crippen LogP contribution in [0.15, 0.2) is 48.5 Å². The third-order valence-electron chi connectivity index (χ3n) is 6.42. The summed E-state index contributed by atoms with van der Waals surface area (Å²) in [7, 11) is 0. The highest BCUT2D eigenvalue weighted by Gasteiger charge is 2.28. The van der Waals surface area contributed by atoms with E-state index in [0.717, 1.165) is 36.8 Å². The molecule has 2 aromatic rings. The van der Waals surface area contributed by atoms with E-state index in [1.165, 1.54) is 25.8 Å². The van der Waals surface area contributed by atoms with Crippen LogP contribution in [0, 0.1) is 11.8 Å². The van der Waals surface area contributed by atoms with Crippen molar-refractivity contribution in [3.8, 4) is 11.5 Å². The van der Waals surface area contributed by atoms with Crippen LogP contribution in [0.25, 0.3) is 0 Å². The number of amides is 1. The van der Waals surface area contributed by atoms with Gasteiger partial charge in [-0.15, -0.1) is 0 Å². The van der Waals surface area contributed by atoms with Gasteiger partial charge in [0.2, 0.25) is 0 Å². The number of rotatable bonds is 11. The predicted octanol–water partition coefficient (Wildman–Crippen LogP) is 6.25. The highest BCUT2D eigenvalue weighted by Crippen LogP contribution is 2.26. The van der Waals surface area contributed by atoms with E-state index in [-0.39, 0.29) is 5.91 Å². The molecule has 2 aromatic carbocycles. The molecular weight excluding hydrogens is 412 g/mol. The highest BCUT2D eigenvalue weighted by molar-refractivity contribution is 6.04. The molecule has 1 fully saturated rings. The van der Waals surface area contributed by atoms with E-state index in [0.29, 0.717) is 30.0 Å². The lowest BCUT2D eigenvalue weighted by molar-refractivity contribution is 0.0757. The van der Waals surface area contributed by atoms with Crippen molar-refractivity contribution in [3.05, 3.63) is 54.1 Å². The van der Waals surface area contributed by atoms with Gasteiger partial charge in [0.05, 0.1) is 13.2 Å². The first-order valence-electron chi connectivity index (χ1n) is 12.5. The van der Waals surface area contributed by atoms with Crippen LogP contribution in [0.2, 0.25) is 0 Å². The number of likely N-dealkylation sites (tertiary alicyclic amines) is 1. The number of piperidine rings is 1. The average molecular weight is 453 g/mol. The Morgan fingerprint density at radius 1 is 0.970 bits per heavy atom. The summed E-state index contributed by atoms with van der Waals surface area (Å²) in [6.07, 6.45) is 5.02. The van der Waals surface area contributed by atoms with Crippen molar-refractivity contribution in [3.63, 3.8) is 0 Å². The summed E-state index contributed by atoms with van der Waals surface area (Å²) in [4.78, 5) is 15.2. The molecule has 1 heterocycles. The summed E-state index contributed by atoms with van der Waals surface area (Å²) in [5.74, 6) is 2.49. The van der Waals surface area contributed by atoms with Gasteiger partial charge in [-0.25, -0.2) is 0 Å². The number of hydrogen-bond donors (Lipinski definition) is 1. The molecule has 1 aliphatic heterocycles. The minimum Gasteiger partial charge on any atom is -0.493 e. The molecule has 1 N–H and O–H groups in total. The van der Waals surface area contributed by atoms with Crippen molar-refractivity contribution in [2.75, 3.05) is 31.6 Å². The van der Waals surface area contributed by atoms with Crippen LogP contribution >= 0.6 is 0 Å². The van der Waals surface area contributed by atoms with Crippen molar-refractivity contribution in [2.45, 2.75) is 59.4 Å². The maximum Gasteiger partial charge on any atom is 0.255 e. The number of hydrogen-bond acceptors (Lipinski definition) is 4. The normalized spacial score (nSPS) is 17.5. The average Bonchev–Trinajstić information content (AvgIpc) is 2.84. The Kier molecular flexibility index (Phi) is 9.61. The lowest BCUT2D eigenvalue weighted by atomic mass is 9.89. The summed E-state index contributed by atoms with van der Waals surface area (Å²) in [5, 5.41) is 2.95. The number of benzene rings is 2. The molecule has 0 aromatic heterocycles. The van der Waals surface area contributed by atoms with Gasteiger partial charge in [-0.3, -0.25) is 4.79 Å². The molecule has 5 heteroatoms. The van der Waals surface area contributed by atoms with E-state index in [1.807, 2.05) is 36.4 Å². The molecule has 1 aliphatic rings. The molecule has 3 rings (SSSR count). The second-order valence-electron chi connectivity index (χ2n) is 9.38. The van der Waals surface area contributed by atoms with Crippen LogP contribution in [0.5, 0.6) is 11.5 Å². The second-order valence-corrected chi connectivity index (χ2v) is 9.38. The van der Waals surface area contributed by atoms with Gasteiger partial charge in [-0.1, -0.05) is 34.1 Å². The molecule has 0 saturated carbocycles. The summed E-state index contributed by atoms with van der Waals surface area (Å²) in [6, 6.07) is 15.5. The fourth-order valence-corrected chi connectivity index (χ4v) is 4.45. The number of ether oxygens (including phenoxy) is 2. The lowest BCUT2D eigenvalue weighted by Gasteiger charge is -2.39. The molecule has 33 heavy (non-hydrogen) atoms. The van der Waals surface area contributed by atoms with Crippen molar-refractivity contribution < 1.29 is 14.3 Å². The van der Waals surface area contributed by atoms with E-state index in [4.69, 9.17) is 9.47 Å². The first kappa shape index (κ1) is 25.1. The standard InChI is InChI=1S/C28H40N2O3/c1-5-22(27-9-7-8-18-30(27)6-2)20-33-26-16-12-24(13-17-26)29-28(31)23-10-14-25(15-11-23)32-19-21(3)4/h10-17,21-22,27H,5-9,18-20H2,1-4H3,(H,29,31)/t22-,27+/m0/s1. The Labute approximate surface area is 199 Å². The molecule has 0 bridgehead atoms. The summed E-state index contributed by atoms with van der Waals surface area (Å²) < 4.78 is 11.8. The van der Waals surface area contributed by atoms with Crippen LogP contribution in [0.3, 0.4) is 0 Å². The third kappa shape index (κ3) is 7.50. The van der Waals surface area contributed by atoms with Crippen molar-refractivity contribution >= 4 is 11.6 Å². The zero-order chi connectivity index (χ0) is 23.6. The third-order valence-corrected chi connectivity index (χ3v) is 6.42. The van der Waals surface area contributed by atoms with Gasteiger partial charge >= 0.3 is 0 Å². The number of nitrogens with one attached hydrogen (secondary N) is 1. The van der Waals surface area contributed by atoms with Gasteiger partial charge in [-0.2, -0.15) is 0 Å². The molecule has 0 aliphatic carbocycles. The van der Waals surface area contributed by atoms with Gasteiger partial charge in [0.25, 0.3) is 5.91 Å². The first-order valence-corrected chi connectivity index (χ1v) is 12.5. The van der Waals surface area contributed by atoms with Crippen molar-refractivity contribution in [1.29, 1.82) is 0 Å². The first-order chi connectivity index (χ1) is 16.0. The zero-order valence-electron chi connectivity index (χ0n) is 20.7. The van der Waals surface area contributed by atoms with Crippen molar-refractivity contribution in [2.24, 2.45) is 11.8 Å². The minimum atomic E-state index is -0.137. The van der Waals surface area contributed by atoms with Gasteiger partial charge < -0.3 is 19.7 Å². The van der Waals surface area contributed by atoms with Gasteiger partial charge in [-0.05, 0) is 86.8 Å². The van der Waals surface area contributed by atoms with Crippen molar-refractivity contribution in [1.82, 2.24) is 4.90 Å². The van der Waals surface area contributed by atoms with Crippen LogP contribution in [0.4, 0.5) is 5.69 Å². The molecule has 2 atom stereocenters. The minimum absolute atomic E-state index is 0.137. The van der Waals surface area contributed by atoms with Crippen LogP contribution in [-0.4, -0.2) is 43.2 Å². The fourth-order valence-electron chi connectivity index (χ4n) is 4.45. The summed E-state index contributed by atoms with van der Waals surface area (Å²) in [5.41, 5.74) is 1.36. The molecule has 0 radical (unpaired) electrons. The quantitative estimate of drug-likeness (QED) is 0.438.